The maximum atomic E-state index is 8.73. The van der Waals surface area contributed by atoms with Crippen molar-refractivity contribution in [2.75, 3.05) is 0 Å². The van der Waals surface area contributed by atoms with Gasteiger partial charge in [0.25, 0.3) is 5.89 Å². The lowest BCUT2D eigenvalue weighted by atomic mass is 10.3. The first-order chi connectivity index (χ1) is 8.85. The van der Waals surface area contributed by atoms with Crippen molar-refractivity contribution in [2.24, 2.45) is 0 Å². The van der Waals surface area contributed by atoms with E-state index in [0.29, 0.717) is 23.8 Å². The smallest absolute Gasteiger partial charge is 0.259 e. The Balaban J connectivity index is 1.83. The number of nitrogens with one attached hydrogen (secondary N) is 1. The molecule has 18 heavy (non-hydrogen) atoms. The molecule has 0 aromatic carbocycles. The van der Waals surface area contributed by atoms with Crippen LogP contribution in [0.2, 0.25) is 0 Å². The van der Waals surface area contributed by atoms with Crippen molar-refractivity contribution < 1.29 is 4.52 Å². The molecule has 3 heterocycles. The number of nitriles is 1. The Morgan fingerprint density at radius 2 is 2.44 bits per heavy atom. The quantitative estimate of drug-likeness (QED) is 0.781. The molecule has 0 amide bonds. The van der Waals surface area contributed by atoms with Crippen LogP contribution in [0.1, 0.15) is 16.4 Å². The summed E-state index contributed by atoms with van der Waals surface area (Å²) in [5.41, 5.74) is 1.21. The summed E-state index contributed by atoms with van der Waals surface area (Å²) in [5.74, 6) is 1.08. The van der Waals surface area contributed by atoms with Gasteiger partial charge in [0.1, 0.15) is 11.8 Å². The van der Waals surface area contributed by atoms with Crippen LogP contribution < -0.4 is 0 Å². The summed E-state index contributed by atoms with van der Waals surface area (Å²) in [7, 11) is 0. The number of rotatable bonds is 3. The van der Waals surface area contributed by atoms with Crippen LogP contribution in [0.3, 0.4) is 0 Å². The lowest BCUT2D eigenvalue weighted by Gasteiger charge is -1.87. The molecule has 0 aliphatic carbocycles. The van der Waals surface area contributed by atoms with E-state index in [-0.39, 0.29) is 0 Å². The summed E-state index contributed by atoms with van der Waals surface area (Å²) in [6.07, 6.45) is 2.34. The molecule has 5 nitrogen and oxygen atoms in total. The molecule has 1 N–H and O–H groups in total. The lowest BCUT2D eigenvalue weighted by Crippen LogP contribution is -1.86. The zero-order chi connectivity index (χ0) is 12.4. The molecule has 0 spiro atoms. The van der Waals surface area contributed by atoms with Gasteiger partial charge in [-0.1, -0.05) is 11.2 Å². The Morgan fingerprint density at radius 3 is 3.17 bits per heavy atom. The van der Waals surface area contributed by atoms with Gasteiger partial charge in [0.05, 0.1) is 5.56 Å². The maximum Gasteiger partial charge on any atom is 0.259 e. The summed E-state index contributed by atoms with van der Waals surface area (Å²) in [6, 6.07) is 7.72. The highest BCUT2D eigenvalue weighted by atomic mass is 32.1. The van der Waals surface area contributed by atoms with E-state index in [2.05, 4.69) is 15.1 Å². The lowest BCUT2D eigenvalue weighted by molar-refractivity contribution is 0.424. The molecule has 0 saturated heterocycles. The Hall–Kier alpha value is -2.39. The first kappa shape index (κ1) is 10.7. The number of thiophene rings is 1. The molecule has 3 aromatic rings. The van der Waals surface area contributed by atoms with Gasteiger partial charge in [0.2, 0.25) is 0 Å². The van der Waals surface area contributed by atoms with Crippen molar-refractivity contribution in [1.29, 1.82) is 5.26 Å². The van der Waals surface area contributed by atoms with E-state index in [9.17, 15) is 0 Å². The molecule has 0 radical (unpaired) electrons. The third-order valence-corrected chi connectivity index (χ3v) is 3.31. The minimum absolute atomic E-state index is 0.430. The second-order valence-electron chi connectivity index (χ2n) is 3.69. The van der Waals surface area contributed by atoms with Gasteiger partial charge >= 0.3 is 0 Å². The number of aromatic amines is 1. The van der Waals surface area contributed by atoms with Gasteiger partial charge in [-0.05, 0) is 17.5 Å². The van der Waals surface area contributed by atoms with Gasteiger partial charge in [-0.25, -0.2) is 0 Å². The fourth-order valence-corrected chi connectivity index (χ4v) is 2.30. The van der Waals surface area contributed by atoms with Crippen LogP contribution in [0.25, 0.3) is 11.5 Å². The summed E-state index contributed by atoms with van der Waals surface area (Å²) in [5, 5.41) is 14.7. The minimum Gasteiger partial charge on any atom is -0.352 e. The standard InChI is InChI=1S/C12H8N4OS/c13-6-9-4-8(7-14-9)12-15-11(16-17-12)5-10-2-1-3-18-10/h1-4,7,14H,5H2. The first-order valence-electron chi connectivity index (χ1n) is 5.29. The van der Waals surface area contributed by atoms with E-state index in [1.807, 2.05) is 23.6 Å². The van der Waals surface area contributed by atoms with Gasteiger partial charge in [0.15, 0.2) is 5.82 Å². The number of H-pyrrole nitrogens is 1. The predicted molar refractivity (Wildman–Crippen MR) is 65.9 cm³/mol. The molecule has 0 aliphatic heterocycles. The number of nitrogens with zero attached hydrogens (tertiary/aromatic N) is 3. The monoisotopic (exact) mass is 256 g/mol. The van der Waals surface area contributed by atoms with Gasteiger partial charge < -0.3 is 9.51 Å². The van der Waals surface area contributed by atoms with Crippen LogP contribution in [-0.2, 0) is 6.42 Å². The molecule has 3 rings (SSSR count). The van der Waals surface area contributed by atoms with Crippen molar-refractivity contribution in [3.8, 4) is 17.5 Å². The first-order valence-corrected chi connectivity index (χ1v) is 6.17. The third kappa shape index (κ3) is 2.04. The molecular formula is C12H8N4OS. The number of aromatic nitrogens is 3. The summed E-state index contributed by atoms with van der Waals surface area (Å²) >= 11 is 1.66. The number of hydrogen-bond donors (Lipinski definition) is 1. The van der Waals surface area contributed by atoms with Crippen LogP contribution >= 0.6 is 11.3 Å². The van der Waals surface area contributed by atoms with Gasteiger partial charge in [-0.2, -0.15) is 10.2 Å². The van der Waals surface area contributed by atoms with Crippen molar-refractivity contribution in [3.05, 3.63) is 46.2 Å². The fourth-order valence-electron chi connectivity index (χ4n) is 1.59. The molecule has 0 unspecified atom stereocenters. The topological polar surface area (TPSA) is 78.5 Å². The Labute approximate surface area is 107 Å². The highest BCUT2D eigenvalue weighted by Crippen LogP contribution is 2.19. The van der Waals surface area contributed by atoms with E-state index in [1.165, 1.54) is 4.88 Å². The van der Waals surface area contributed by atoms with Crippen molar-refractivity contribution in [3.63, 3.8) is 0 Å². The maximum absolute atomic E-state index is 8.73. The largest absolute Gasteiger partial charge is 0.352 e. The predicted octanol–water partition coefficient (Wildman–Crippen LogP) is 2.59. The van der Waals surface area contributed by atoms with Gasteiger partial charge in [-0.3, -0.25) is 0 Å². The van der Waals surface area contributed by atoms with E-state index < -0.39 is 0 Å². The minimum atomic E-state index is 0.430. The van der Waals surface area contributed by atoms with Crippen LogP contribution in [0.15, 0.2) is 34.3 Å². The highest BCUT2D eigenvalue weighted by molar-refractivity contribution is 7.09. The highest BCUT2D eigenvalue weighted by Gasteiger charge is 2.11. The molecule has 0 aliphatic rings. The van der Waals surface area contributed by atoms with Crippen LogP contribution in [0, 0.1) is 11.3 Å². The second kappa shape index (κ2) is 4.47. The van der Waals surface area contributed by atoms with E-state index >= 15 is 0 Å². The average Bonchev–Trinajstić information content (AvgIpc) is 3.09. The third-order valence-electron chi connectivity index (χ3n) is 2.43. The number of hydrogen-bond acceptors (Lipinski definition) is 5. The normalized spacial score (nSPS) is 10.4. The van der Waals surface area contributed by atoms with Crippen LogP contribution in [-0.4, -0.2) is 15.1 Å². The molecule has 88 valence electrons. The molecule has 0 atom stereocenters. The summed E-state index contributed by atoms with van der Waals surface area (Å²) < 4.78 is 5.17. The summed E-state index contributed by atoms with van der Waals surface area (Å²) in [4.78, 5) is 8.31. The van der Waals surface area contributed by atoms with Crippen molar-refractivity contribution in [2.45, 2.75) is 6.42 Å². The van der Waals surface area contributed by atoms with E-state index in [1.54, 1.807) is 23.6 Å². The molecule has 0 fully saturated rings. The average molecular weight is 256 g/mol. The van der Waals surface area contributed by atoms with Crippen molar-refractivity contribution in [1.82, 2.24) is 15.1 Å². The SMILES string of the molecule is N#Cc1cc(-c2nc(Cc3cccs3)no2)c[nH]1. The Kier molecular flexibility index (Phi) is 2.67. The van der Waals surface area contributed by atoms with E-state index in [4.69, 9.17) is 9.78 Å². The zero-order valence-corrected chi connectivity index (χ0v) is 10.1. The zero-order valence-electron chi connectivity index (χ0n) is 9.25. The Morgan fingerprint density at radius 1 is 1.50 bits per heavy atom. The Bertz CT molecular complexity index is 690. The molecule has 3 aromatic heterocycles. The van der Waals surface area contributed by atoms with Gasteiger partial charge in [0, 0.05) is 17.5 Å². The van der Waals surface area contributed by atoms with E-state index in [0.717, 1.165) is 5.56 Å². The molecule has 0 saturated carbocycles. The molecule has 6 heteroatoms. The van der Waals surface area contributed by atoms with Gasteiger partial charge in [-0.15, -0.1) is 11.3 Å². The second-order valence-corrected chi connectivity index (χ2v) is 4.72. The fraction of sp³-hybridized carbons (Fsp3) is 0.0833. The van der Waals surface area contributed by atoms with Crippen LogP contribution in [0.5, 0.6) is 0 Å². The van der Waals surface area contributed by atoms with Crippen molar-refractivity contribution >= 4 is 11.3 Å². The van der Waals surface area contributed by atoms with Crippen LogP contribution in [0.4, 0.5) is 0 Å². The molecular weight excluding hydrogens is 248 g/mol. The summed E-state index contributed by atoms with van der Waals surface area (Å²) in [6.45, 7) is 0. The molecule has 0 bridgehead atoms.